The van der Waals surface area contributed by atoms with Gasteiger partial charge in [0.2, 0.25) is 8.32 Å². The monoisotopic (exact) mass is 548 g/mol. The van der Waals surface area contributed by atoms with Crippen molar-refractivity contribution < 1.29 is 13.9 Å². The summed E-state index contributed by atoms with van der Waals surface area (Å²) in [5.74, 6) is 3.70. The highest BCUT2D eigenvalue weighted by atomic mass is 35.5. The summed E-state index contributed by atoms with van der Waals surface area (Å²) in [5, 5.41) is 0.121. The van der Waals surface area contributed by atoms with Gasteiger partial charge in [0.1, 0.15) is 17.1 Å². The van der Waals surface area contributed by atoms with Gasteiger partial charge in [0, 0.05) is 23.3 Å². The van der Waals surface area contributed by atoms with E-state index in [0.717, 1.165) is 49.5 Å². The van der Waals surface area contributed by atoms with Gasteiger partial charge in [-0.3, -0.25) is 0 Å². The standard InChI is InChI=1S/C32H53ClO3Si/c1-30(2,3)37(9,10)36-28-21-24(31(4,5)17-13-11-12-14-18-33)20-27-29(28)25-19-23(22-34-8)15-16-26(25)32(6,7)35-27/h20-22,25-26H,11-19H2,1-10H3/b23-22+/t25-,26-/m1/s1. The smallest absolute Gasteiger partial charge is 0.250 e. The Morgan fingerprint density at radius 3 is 2.38 bits per heavy atom. The molecule has 1 heterocycles. The third-order valence-electron chi connectivity index (χ3n) is 9.41. The number of hydrogen-bond donors (Lipinski definition) is 0. The number of rotatable bonds is 10. The largest absolute Gasteiger partial charge is 0.543 e. The molecule has 1 fully saturated rings. The van der Waals surface area contributed by atoms with Crippen LogP contribution in [0.3, 0.4) is 0 Å². The maximum Gasteiger partial charge on any atom is 0.250 e. The normalized spacial score (nSPS) is 22.7. The molecule has 0 saturated heterocycles. The Balaban J connectivity index is 2.09. The average Bonchev–Trinajstić information content (AvgIpc) is 2.77. The Labute approximate surface area is 233 Å². The lowest BCUT2D eigenvalue weighted by molar-refractivity contribution is -0.00115. The fourth-order valence-electron chi connectivity index (χ4n) is 5.95. The van der Waals surface area contributed by atoms with Gasteiger partial charge in [0.15, 0.2) is 0 Å². The first kappa shape index (κ1) is 30.4. The van der Waals surface area contributed by atoms with Gasteiger partial charge < -0.3 is 13.9 Å². The maximum absolute atomic E-state index is 7.16. The van der Waals surface area contributed by atoms with E-state index in [2.05, 4.69) is 73.7 Å². The van der Waals surface area contributed by atoms with Gasteiger partial charge in [-0.1, -0.05) is 53.9 Å². The second-order valence-corrected chi connectivity index (χ2v) is 19.3. The van der Waals surface area contributed by atoms with Crippen molar-refractivity contribution in [2.75, 3.05) is 13.0 Å². The molecule has 5 heteroatoms. The fourth-order valence-corrected chi connectivity index (χ4v) is 7.16. The van der Waals surface area contributed by atoms with Crippen molar-refractivity contribution >= 4 is 19.9 Å². The molecular weight excluding hydrogens is 496 g/mol. The molecule has 0 amide bonds. The molecule has 3 rings (SSSR count). The van der Waals surface area contributed by atoms with E-state index in [9.17, 15) is 0 Å². The SMILES string of the molecule is CO/C=C1\CC[C@@H]2[C@@H](C1)c1c(cc(C(C)(C)CCCCCCCl)cc1O[Si](C)(C)C(C)(C)C)OC2(C)C. The number of hydrogen-bond acceptors (Lipinski definition) is 3. The van der Waals surface area contributed by atoms with Crippen molar-refractivity contribution in [1.29, 1.82) is 0 Å². The van der Waals surface area contributed by atoms with Crippen LogP contribution in [0.2, 0.25) is 18.1 Å². The minimum Gasteiger partial charge on any atom is -0.543 e. The topological polar surface area (TPSA) is 27.7 Å². The van der Waals surface area contributed by atoms with Crippen LogP contribution in [-0.4, -0.2) is 26.9 Å². The molecule has 0 bridgehead atoms. The van der Waals surface area contributed by atoms with Crippen LogP contribution in [-0.2, 0) is 10.2 Å². The number of fused-ring (bicyclic) bond motifs is 3. The van der Waals surface area contributed by atoms with E-state index in [1.165, 1.54) is 36.0 Å². The molecule has 1 aliphatic carbocycles. The summed E-state index contributed by atoms with van der Waals surface area (Å²) in [5.41, 5.74) is 3.84. The van der Waals surface area contributed by atoms with E-state index in [1.54, 1.807) is 7.11 Å². The molecule has 2 atom stereocenters. The Morgan fingerprint density at radius 2 is 1.76 bits per heavy atom. The molecule has 1 saturated carbocycles. The van der Waals surface area contributed by atoms with Crippen molar-refractivity contribution in [3.63, 3.8) is 0 Å². The van der Waals surface area contributed by atoms with Crippen molar-refractivity contribution in [3.8, 4) is 11.5 Å². The van der Waals surface area contributed by atoms with Crippen molar-refractivity contribution in [1.82, 2.24) is 0 Å². The fraction of sp³-hybridized carbons (Fsp3) is 0.750. The van der Waals surface area contributed by atoms with E-state index in [4.69, 9.17) is 25.5 Å². The van der Waals surface area contributed by atoms with E-state index >= 15 is 0 Å². The summed E-state index contributed by atoms with van der Waals surface area (Å²) >= 11 is 5.90. The van der Waals surface area contributed by atoms with E-state index < -0.39 is 8.32 Å². The first-order valence-electron chi connectivity index (χ1n) is 14.5. The van der Waals surface area contributed by atoms with Gasteiger partial charge >= 0.3 is 0 Å². The number of allylic oxidation sites excluding steroid dienone is 1. The van der Waals surface area contributed by atoms with Crippen LogP contribution in [0.5, 0.6) is 11.5 Å². The lowest BCUT2D eigenvalue weighted by atomic mass is 9.65. The number of halogens is 1. The minimum atomic E-state index is -2.06. The van der Waals surface area contributed by atoms with Gasteiger partial charge in [-0.05, 0) is 92.8 Å². The number of unbranched alkanes of at least 4 members (excludes halogenated alkanes) is 3. The zero-order chi connectivity index (χ0) is 27.6. The van der Waals surface area contributed by atoms with E-state index in [0.29, 0.717) is 11.8 Å². The minimum absolute atomic E-state index is 0.0412. The van der Waals surface area contributed by atoms with Gasteiger partial charge in [-0.15, -0.1) is 11.6 Å². The lowest BCUT2D eigenvalue weighted by Gasteiger charge is -2.49. The van der Waals surface area contributed by atoms with Crippen molar-refractivity contribution in [2.24, 2.45) is 5.92 Å². The summed E-state index contributed by atoms with van der Waals surface area (Å²) in [7, 11) is -0.298. The predicted molar refractivity (Wildman–Crippen MR) is 161 cm³/mol. The zero-order valence-corrected chi connectivity index (χ0v) is 27.1. The first-order valence-corrected chi connectivity index (χ1v) is 17.9. The highest BCUT2D eigenvalue weighted by Crippen LogP contribution is 2.57. The predicted octanol–water partition coefficient (Wildman–Crippen LogP) is 10.1. The lowest BCUT2D eigenvalue weighted by Crippen LogP contribution is -2.47. The molecule has 1 aromatic carbocycles. The number of benzene rings is 1. The molecule has 1 aromatic rings. The van der Waals surface area contributed by atoms with Crippen LogP contribution in [0.4, 0.5) is 0 Å². The van der Waals surface area contributed by atoms with Crippen molar-refractivity contribution in [2.45, 2.75) is 135 Å². The molecule has 37 heavy (non-hydrogen) atoms. The van der Waals surface area contributed by atoms with Gasteiger partial charge in [-0.25, -0.2) is 0 Å². The molecule has 1 aliphatic heterocycles. The van der Waals surface area contributed by atoms with Crippen LogP contribution in [0.15, 0.2) is 24.0 Å². The van der Waals surface area contributed by atoms with Gasteiger partial charge in [-0.2, -0.15) is 0 Å². The quantitative estimate of drug-likeness (QED) is 0.126. The first-order chi connectivity index (χ1) is 17.1. The summed E-state index contributed by atoms with van der Waals surface area (Å²) in [6, 6.07) is 4.73. The maximum atomic E-state index is 7.16. The highest BCUT2D eigenvalue weighted by Gasteiger charge is 2.48. The highest BCUT2D eigenvalue weighted by molar-refractivity contribution is 6.74. The molecule has 0 unspecified atom stereocenters. The second kappa shape index (κ2) is 11.5. The molecule has 0 aromatic heterocycles. The summed E-state index contributed by atoms with van der Waals surface area (Å²) in [6.45, 7) is 21.0. The van der Waals surface area contributed by atoms with Crippen LogP contribution < -0.4 is 9.16 Å². The van der Waals surface area contributed by atoms with Gasteiger partial charge in [0.25, 0.3) is 0 Å². The van der Waals surface area contributed by atoms with Crippen LogP contribution in [0.25, 0.3) is 0 Å². The van der Waals surface area contributed by atoms with Crippen LogP contribution in [0, 0.1) is 5.92 Å². The molecule has 210 valence electrons. The Kier molecular flexibility index (Phi) is 9.48. The van der Waals surface area contributed by atoms with Gasteiger partial charge in [0.05, 0.1) is 13.4 Å². The Morgan fingerprint density at radius 1 is 1.08 bits per heavy atom. The molecule has 0 spiro atoms. The Bertz CT molecular complexity index is 958. The average molecular weight is 549 g/mol. The second-order valence-electron chi connectivity index (χ2n) is 14.2. The van der Waals surface area contributed by atoms with Crippen molar-refractivity contribution in [3.05, 3.63) is 35.1 Å². The molecular formula is C32H53ClO3Si. The zero-order valence-electron chi connectivity index (χ0n) is 25.4. The van der Waals surface area contributed by atoms with Crippen LogP contribution >= 0.6 is 11.6 Å². The number of alkyl halides is 1. The molecule has 0 radical (unpaired) electrons. The molecule has 0 N–H and O–H groups in total. The number of methoxy groups -OCH3 is 1. The summed E-state index contributed by atoms with van der Waals surface area (Å²) in [6.07, 6.45) is 11.1. The van der Waals surface area contributed by atoms with Crippen LogP contribution in [0.1, 0.15) is 117 Å². The summed E-state index contributed by atoms with van der Waals surface area (Å²) < 4.78 is 19.5. The Hall–Kier alpha value is -1.13. The third kappa shape index (κ3) is 6.90. The third-order valence-corrected chi connectivity index (χ3v) is 14.0. The summed E-state index contributed by atoms with van der Waals surface area (Å²) in [4.78, 5) is 0. The molecule has 2 aliphatic rings. The van der Waals surface area contributed by atoms with E-state index in [-0.39, 0.29) is 16.1 Å². The number of ether oxygens (including phenoxy) is 2. The molecule has 3 nitrogen and oxygen atoms in total. The van der Waals surface area contributed by atoms with E-state index in [1.807, 2.05) is 6.26 Å².